The third kappa shape index (κ3) is 4.56. The first-order valence-electron chi connectivity index (χ1n) is 9.16. The standard InChI is InChI=1S/C20H23N3O4S/c1-4-27-18(25)9-15-11-28-20(21-15)22-19(26)14-8-17(24)23(10-14)16-6-5-12(2)13(3)7-16/h5-7,11,14H,4,8-10H2,1-3H3,(H,21,22,26). The van der Waals surface area contributed by atoms with Gasteiger partial charge in [-0.3, -0.25) is 14.4 Å². The zero-order chi connectivity index (χ0) is 20.3. The quantitative estimate of drug-likeness (QED) is 0.752. The number of hydrogen-bond donors (Lipinski definition) is 1. The number of anilines is 2. The molecule has 7 nitrogen and oxygen atoms in total. The molecule has 1 atom stereocenters. The molecule has 0 saturated carbocycles. The molecule has 1 aromatic heterocycles. The molecule has 1 unspecified atom stereocenters. The number of esters is 1. The van der Waals surface area contributed by atoms with Gasteiger partial charge >= 0.3 is 5.97 Å². The Labute approximate surface area is 167 Å². The number of carbonyl (C=O) groups is 3. The van der Waals surface area contributed by atoms with E-state index in [2.05, 4.69) is 10.3 Å². The van der Waals surface area contributed by atoms with E-state index in [4.69, 9.17) is 4.74 Å². The van der Waals surface area contributed by atoms with Gasteiger partial charge < -0.3 is 15.0 Å². The monoisotopic (exact) mass is 401 g/mol. The topological polar surface area (TPSA) is 88.6 Å². The highest BCUT2D eigenvalue weighted by Gasteiger charge is 2.35. The number of aromatic nitrogens is 1. The van der Waals surface area contributed by atoms with E-state index >= 15 is 0 Å². The number of thiazole rings is 1. The summed E-state index contributed by atoms with van der Waals surface area (Å²) in [6.07, 6.45) is 0.239. The summed E-state index contributed by atoms with van der Waals surface area (Å²) >= 11 is 1.25. The number of nitrogens with zero attached hydrogens (tertiary/aromatic N) is 2. The van der Waals surface area contributed by atoms with Crippen molar-refractivity contribution in [1.82, 2.24) is 4.98 Å². The lowest BCUT2D eigenvalue weighted by molar-refractivity contribution is -0.142. The molecule has 1 aliphatic rings. The molecule has 2 amide bonds. The Hall–Kier alpha value is -2.74. The van der Waals surface area contributed by atoms with Gasteiger partial charge in [-0.15, -0.1) is 11.3 Å². The fourth-order valence-corrected chi connectivity index (χ4v) is 3.75. The second-order valence-electron chi connectivity index (χ2n) is 6.79. The van der Waals surface area contributed by atoms with Crippen molar-refractivity contribution in [1.29, 1.82) is 0 Å². The van der Waals surface area contributed by atoms with Crippen LogP contribution in [-0.4, -0.2) is 35.9 Å². The van der Waals surface area contributed by atoms with Crippen LogP contribution in [0.1, 0.15) is 30.2 Å². The summed E-state index contributed by atoms with van der Waals surface area (Å²) in [5.74, 6) is -1.09. The Morgan fingerprint density at radius 3 is 2.82 bits per heavy atom. The summed E-state index contributed by atoms with van der Waals surface area (Å²) in [6.45, 7) is 6.42. The van der Waals surface area contributed by atoms with Crippen LogP contribution in [0.15, 0.2) is 23.6 Å². The third-order valence-electron chi connectivity index (χ3n) is 4.71. The summed E-state index contributed by atoms with van der Waals surface area (Å²) < 4.78 is 4.89. The number of benzene rings is 1. The van der Waals surface area contributed by atoms with Crippen molar-refractivity contribution in [2.24, 2.45) is 5.92 Å². The maximum atomic E-state index is 12.6. The average Bonchev–Trinajstić information content (AvgIpc) is 3.24. The van der Waals surface area contributed by atoms with Gasteiger partial charge in [0.05, 0.1) is 24.6 Å². The lowest BCUT2D eigenvalue weighted by atomic mass is 10.1. The molecule has 0 bridgehead atoms. The summed E-state index contributed by atoms with van der Waals surface area (Å²) in [5, 5.41) is 4.89. The second kappa shape index (κ2) is 8.52. The molecular formula is C20H23N3O4S. The molecular weight excluding hydrogens is 378 g/mol. The number of carbonyl (C=O) groups excluding carboxylic acids is 3. The van der Waals surface area contributed by atoms with Crippen LogP contribution in [0.3, 0.4) is 0 Å². The van der Waals surface area contributed by atoms with Gasteiger partial charge in [0.15, 0.2) is 5.13 Å². The summed E-state index contributed by atoms with van der Waals surface area (Å²) in [7, 11) is 0. The van der Waals surface area contributed by atoms with E-state index in [9.17, 15) is 14.4 Å². The smallest absolute Gasteiger partial charge is 0.311 e. The Balaban J connectivity index is 1.61. The molecule has 0 aliphatic carbocycles. The van der Waals surface area contributed by atoms with E-state index in [1.807, 2.05) is 32.0 Å². The van der Waals surface area contributed by atoms with Crippen molar-refractivity contribution in [3.05, 3.63) is 40.4 Å². The van der Waals surface area contributed by atoms with Crippen molar-refractivity contribution in [2.75, 3.05) is 23.4 Å². The van der Waals surface area contributed by atoms with Crippen molar-refractivity contribution >= 4 is 39.9 Å². The minimum atomic E-state index is -0.438. The number of rotatable bonds is 6. The van der Waals surface area contributed by atoms with Gasteiger partial charge in [-0.1, -0.05) is 6.07 Å². The molecule has 1 saturated heterocycles. The van der Waals surface area contributed by atoms with E-state index in [-0.39, 0.29) is 30.6 Å². The molecule has 2 heterocycles. The van der Waals surface area contributed by atoms with Gasteiger partial charge in [0, 0.05) is 24.0 Å². The van der Waals surface area contributed by atoms with Gasteiger partial charge in [-0.05, 0) is 44.0 Å². The van der Waals surface area contributed by atoms with Crippen LogP contribution in [-0.2, 0) is 25.5 Å². The van der Waals surface area contributed by atoms with E-state index in [1.165, 1.54) is 11.3 Å². The molecule has 0 spiro atoms. The van der Waals surface area contributed by atoms with Crippen LogP contribution in [0, 0.1) is 19.8 Å². The van der Waals surface area contributed by atoms with Crippen LogP contribution in [0.25, 0.3) is 0 Å². The molecule has 0 radical (unpaired) electrons. The van der Waals surface area contributed by atoms with E-state index in [1.54, 1.807) is 17.2 Å². The Morgan fingerprint density at radius 1 is 1.32 bits per heavy atom. The number of amides is 2. The predicted octanol–water partition coefficient (Wildman–Crippen LogP) is 2.86. The second-order valence-corrected chi connectivity index (χ2v) is 7.65. The lowest BCUT2D eigenvalue weighted by Crippen LogP contribution is -2.28. The zero-order valence-electron chi connectivity index (χ0n) is 16.2. The molecule has 3 rings (SSSR count). The average molecular weight is 401 g/mol. The molecule has 1 fully saturated rings. The first kappa shape index (κ1) is 20.0. The van der Waals surface area contributed by atoms with Crippen molar-refractivity contribution in [2.45, 2.75) is 33.6 Å². The van der Waals surface area contributed by atoms with Crippen LogP contribution in [0.5, 0.6) is 0 Å². The first-order chi connectivity index (χ1) is 13.4. The Morgan fingerprint density at radius 2 is 2.11 bits per heavy atom. The minimum Gasteiger partial charge on any atom is -0.466 e. The van der Waals surface area contributed by atoms with Crippen LogP contribution >= 0.6 is 11.3 Å². The van der Waals surface area contributed by atoms with Gasteiger partial charge in [0.1, 0.15) is 0 Å². The first-order valence-corrected chi connectivity index (χ1v) is 10.0. The van der Waals surface area contributed by atoms with Crippen LogP contribution in [0.2, 0.25) is 0 Å². The fraction of sp³-hybridized carbons (Fsp3) is 0.400. The Bertz CT molecular complexity index is 909. The molecule has 1 aliphatic heterocycles. The highest BCUT2D eigenvalue weighted by molar-refractivity contribution is 7.13. The van der Waals surface area contributed by atoms with E-state index < -0.39 is 5.92 Å². The summed E-state index contributed by atoms with van der Waals surface area (Å²) in [5.41, 5.74) is 3.63. The predicted molar refractivity (Wildman–Crippen MR) is 107 cm³/mol. The lowest BCUT2D eigenvalue weighted by Gasteiger charge is -2.17. The SMILES string of the molecule is CCOC(=O)Cc1csc(NC(=O)C2CC(=O)N(c3ccc(C)c(C)c3)C2)n1. The van der Waals surface area contributed by atoms with E-state index in [0.29, 0.717) is 24.0 Å². The molecule has 28 heavy (non-hydrogen) atoms. The van der Waals surface area contributed by atoms with Crippen molar-refractivity contribution < 1.29 is 19.1 Å². The van der Waals surface area contributed by atoms with Gasteiger partial charge in [-0.25, -0.2) is 4.98 Å². The van der Waals surface area contributed by atoms with Gasteiger partial charge in [0.25, 0.3) is 0 Å². The van der Waals surface area contributed by atoms with Gasteiger partial charge in [0.2, 0.25) is 11.8 Å². The highest BCUT2D eigenvalue weighted by Crippen LogP contribution is 2.28. The maximum Gasteiger partial charge on any atom is 0.311 e. The Kier molecular flexibility index (Phi) is 6.08. The van der Waals surface area contributed by atoms with E-state index in [0.717, 1.165) is 16.8 Å². The zero-order valence-corrected chi connectivity index (χ0v) is 17.0. The van der Waals surface area contributed by atoms with Crippen molar-refractivity contribution in [3.63, 3.8) is 0 Å². The molecule has 148 valence electrons. The minimum absolute atomic E-state index is 0.0643. The number of ether oxygens (including phenoxy) is 1. The normalized spacial score (nSPS) is 16.3. The molecule has 1 N–H and O–H groups in total. The number of aryl methyl sites for hydroxylation is 2. The van der Waals surface area contributed by atoms with Gasteiger partial charge in [-0.2, -0.15) is 0 Å². The summed E-state index contributed by atoms with van der Waals surface area (Å²) in [4.78, 5) is 42.4. The largest absolute Gasteiger partial charge is 0.466 e. The number of nitrogens with one attached hydrogen (secondary N) is 1. The van der Waals surface area contributed by atoms with Crippen molar-refractivity contribution in [3.8, 4) is 0 Å². The highest BCUT2D eigenvalue weighted by atomic mass is 32.1. The molecule has 1 aromatic carbocycles. The van der Waals surface area contributed by atoms with Crippen LogP contribution in [0.4, 0.5) is 10.8 Å². The fourth-order valence-electron chi connectivity index (χ4n) is 3.04. The molecule has 8 heteroatoms. The molecule has 2 aromatic rings. The maximum absolute atomic E-state index is 12.6. The number of hydrogen-bond acceptors (Lipinski definition) is 6. The third-order valence-corrected chi connectivity index (χ3v) is 5.52. The van der Waals surface area contributed by atoms with Crippen LogP contribution < -0.4 is 10.2 Å². The summed E-state index contributed by atoms with van der Waals surface area (Å²) in [6, 6.07) is 5.85.